The zero-order chi connectivity index (χ0) is 10.3. The molecule has 0 aliphatic heterocycles. The van der Waals surface area contributed by atoms with Crippen molar-refractivity contribution in [2.75, 3.05) is 13.1 Å². The third-order valence-corrected chi connectivity index (χ3v) is 1.84. The lowest BCUT2D eigenvalue weighted by atomic mass is 10.5. The van der Waals surface area contributed by atoms with Crippen LogP contribution in [-0.2, 0) is 14.6 Å². The summed E-state index contributed by atoms with van der Waals surface area (Å²) in [7, 11) is 0. The quantitative estimate of drug-likeness (QED) is 0.396. The van der Waals surface area contributed by atoms with Gasteiger partial charge in [-0.25, -0.2) is 9.68 Å². The van der Waals surface area contributed by atoms with Crippen molar-refractivity contribution in [2.24, 2.45) is 0 Å². The first kappa shape index (κ1) is 12.2. The lowest BCUT2D eigenvalue weighted by Gasteiger charge is -2.18. The largest absolute Gasteiger partial charge is 0.355 e. The first-order valence-corrected chi connectivity index (χ1v) is 4.72. The summed E-state index contributed by atoms with van der Waals surface area (Å²) < 4.78 is 0. The van der Waals surface area contributed by atoms with Crippen LogP contribution in [0.25, 0.3) is 0 Å². The number of hydrogen-bond donors (Lipinski definition) is 0. The Morgan fingerprint density at radius 1 is 1.23 bits per heavy atom. The van der Waals surface area contributed by atoms with Crippen molar-refractivity contribution in [3.63, 3.8) is 0 Å². The Morgan fingerprint density at radius 3 is 2.15 bits per heavy atom. The van der Waals surface area contributed by atoms with Gasteiger partial charge in [0, 0.05) is 19.5 Å². The van der Waals surface area contributed by atoms with Crippen LogP contribution in [0.3, 0.4) is 0 Å². The molecular weight excluding hydrogens is 190 g/mol. The van der Waals surface area contributed by atoms with Crippen LogP contribution in [0.2, 0.25) is 0 Å². The molecule has 0 aliphatic rings. The average molecular weight is 205 g/mol. The third kappa shape index (κ3) is 4.67. The molecule has 0 atom stereocenters. The van der Waals surface area contributed by atoms with Crippen molar-refractivity contribution in [1.82, 2.24) is 4.90 Å². The van der Waals surface area contributed by atoms with Crippen LogP contribution < -0.4 is 0 Å². The fraction of sp³-hybridized carbons (Fsp3) is 0.750. The molecule has 0 amide bonds. The molecule has 0 aromatic heterocycles. The first-order valence-electron chi connectivity index (χ1n) is 4.31. The molecule has 4 nitrogen and oxygen atoms in total. The van der Waals surface area contributed by atoms with E-state index in [9.17, 15) is 4.79 Å². The lowest BCUT2D eigenvalue weighted by molar-refractivity contribution is -0.225. The van der Waals surface area contributed by atoms with Crippen LogP contribution in [0.4, 0.5) is 0 Å². The molecule has 0 aromatic rings. The Balaban J connectivity index is 3.79. The molecule has 0 fully saturated rings. The SMILES string of the molecule is CCC(=O)OOC(=S)N(CC)CC. The predicted octanol–water partition coefficient (Wildman–Crippen LogP) is 1.50. The Labute approximate surface area is 83.7 Å². The van der Waals surface area contributed by atoms with E-state index in [1.165, 1.54) is 0 Å². The van der Waals surface area contributed by atoms with Crippen LogP contribution in [-0.4, -0.2) is 29.1 Å². The highest BCUT2D eigenvalue weighted by molar-refractivity contribution is 7.79. The molecule has 0 aliphatic carbocycles. The summed E-state index contributed by atoms with van der Waals surface area (Å²) in [6.45, 7) is 7.05. The van der Waals surface area contributed by atoms with Crippen molar-refractivity contribution < 1.29 is 14.6 Å². The minimum absolute atomic E-state index is 0.201. The van der Waals surface area contributed by atoms with E-state index in [1.807, 2.05) is 13.8 Å². The summed E-state index contributed by atoms with van der Waals surface area (Å²) >= 11 is 4.87. The minimum Gasteiger partial charge on any atom is -0.330 e. The molecule has 5 heteroatoms. The molecule has 0 aromatic carbocycles. The fourth-order valence-electron chi connectivity index (χ4n) is 0.676. The van der Waals surface area contributed by atoms with E-state index in [0.717, 1.165) is 13.1 Å². The molecule has 0 heterocycles. The van der Waals surface area contributed by atoms with Gasteiger partial charge < -0.3 is 4.90 Å². The highest BCUT2D eigenvalue weighted by atomic mass is 32.1. The van der Waals surface area contributed by atoms with E-state index in [0.29, 0.717) is 0 Å². The van der Waals surface area contributed by atoms with Crippen molar-refractivity contribution in [3.8, 4) is 0 Å². The van der Waals surface area contributed by atoms with Gasteiger partial charge in [0.1, 0.15) is 0 Å². The number of nitrogens with zero attached hydrogens (tertiary/aromatic N) is 1. The van der Waals surface area contributed by atoms with Crippen molar-refractivity contribution in [1.29, 1.82) is 0 Å². The minimum atomic E-state index is -0.422. The predicted molar refractivity (Wildman–Crippen MR) is 53.0 cm³/mol. The monoisotopic (exact) mass is 205 g/mol. The van der Waals surface area contributed by atoms with Crippen LogP contribution >= 0.6 is 12.2 Å². The zero-order valence-electron chi connectivity index (χ0n) is 8.20. The Hall–Kier alpha value is -0.840. The van der Waals surface area contributed by atoms with Crippen LogP contribution in [0.1, 0.15) is 27.2 Å². The molecular formula is C8H15NO3S. The van der Waals surface area contributed by atoms with Gasteiger partial charge in [-0.3, -0.25) is 4.89 Å². The molecule has 0 bridgehead atoms. The highest BCUT2D eigenvalue weighted by Gasteiger charge is 2.09. The van der Waals surface area contributed by atoms with Gasteiger partial charge >= 0.3 is 11.1 Å². The van der Waals surface area contributed by atoms with E-state index in [2.05, 4.69) is 9.78 Å². The lowest BCUT2D eigenvalue weighted by Crippen LogP contribution is -2.31. The second kappa shape index (κ2) is 6.65. The van der Waals surface area contributed by atoms with Gasteiger partial charge in [-0.2, -0.15) is 0 Å². The van der Waals surface area contributed by atoms with Gasteiger partial charge in [-0.05, 0) is 26.1 Å². The van der Waals surface area contributed by atoms with Crippen molar-refractivity contribution >= 4 is 23.4 Å². The van der Waals surface area contributed by atoms with Crippen LogP contribution in [0, 0.1) is 0 Å². The number of rotatable bonds is 3. The smallest absolute Gasteiger partial charge is 0.330 e. The summed E-state index contributed by atoms with van der Waals surface area (Å²) in [4.78, 5) is 21.5. The van der Waals surface area contributed by atoms with E-state index < -0.39 is 5.97 Å². The van der Waals surface area contributed by atoms with Gasteiger partial charge in [0.25, 0.3) is 0 Å². The normalized spacial score (nSPS) is 9.15. The number of carbonyl (C=O) groups is 1. The second-order valence-electron chi connectivity index (χ2n) is 2.33. The topological polar surface area (TPSA) is 38.8 Å². The zero-order valence-corrected chi connectivity index (χ0v) is 9.02. The molecule has 0 rings (SSSR count). The molecule has 0 N–H and O–H groups in total. The van der Waals surface area contributed by atoms with Gasteiger partial charge in [-0.1, -0.05) is 6.92 Å². The summed E-state index contributed by atoms with van der Waals surface area (Å²) in [5.41, 5.74) is 0. The second-order valence-corrected chi connectivity index (χ2v) is 2.68. The Morgan fingerprint density at radius 2 is 1.77 bits per heavy atom. The number of thiocarbonyl (C=S) groups is 1. The summed E-state index contributed by atoms with van der Waals surface area (Å²) in [6.07, 6.45) is 0.279. The van der Waals surface area contributed by atoms with E-state index in [-0.39, 0.29) is 11.6 Å². The molecule has 0 spiro atoms. The van der Waals surface area contributed by atoms with E-state index >= 15 is 0 Å². The molecule has 13 heavy (non-hydrogen) atoms. The summed E-state index contributed by atoms with van der Waals surface area (Å²) in [6, 6.07) is 0. The highest BCUT2D eigenvalue weighted by Crippen LogP contribution is 1.96. The average Bonchev–Trinajstić information content (AvgIpc) is 2.16. The Kier molecular flexibility index (Phi) is 6.22. The van der Waals surface area contributed by atoms with Gasteiger partial charge in [-0.15, -0.1) is 0 Å². The molecule has 0 saturated heterocycles. The van der Waals surface area contributed by atoms with Gasteiger partial charge in [0.2, 0.25) is 0 Å². The molecule has 0 saturated carbocycles. The van der Waals surface area contributed by atoms with E-state index in [1.54, 1.807) is 11.8 Å². The van der Waals surface area contributed by atoms with Crippen molar-refractivity contribution in [2.45, 2.75) is 27.2 Å². The van der Waals surface area contributed by atoms with Gasteiger partial charge in [0.15, 0.2) is 0 Å². The maximum Gasteiger partial charge on any atom is 0.355 e. The van der Waals surface area contributed by atoms with Gasteiger partial charge in [0.05, 0.1) is 0 Å². The third-order valence-electron chi connectivity index (χ3n) is 1.52. The van der Waals surface area contributed by atoms with E-state index in [4.69, 9.17) is 12.2 Å². The maximum atomic E-state index is 10.7. The summed E-state index contributed by atoms with van der Waals surface area (Å²) in [5, 5.41) is 0.201. The molecule has 76 valence electrons. The first-order chi connectivity index (χ1) is 6.15. The van der Waals surface area contributed by atoms with Crippen LogP contribution in [0.15, 0.2) is 0 Å². The molecule has 0 radical (unpaired) electrons. The number of hydrogen-bond acceptors (Lipinski definition) is 4. The summed E-state index contributed by atoms with van der Waals surface area (Å²) in [5.74, 6) is -0.422. The molecule has 0 unspecified atom stereocenters. The standard InChI is InChI=1S/C8H15NO3S/c1-4-7(10)11-12-8(13)9(5-2)6-3/h4-6H2,1-3H3. The van der Waals surface area contributed by atoms with Crippen LogP contribution in [0.5, 0.6) is 0 Å². The Bertz CT molecular complexity index is 180. The van der Waals surface area contributed by atoms with Crippen molar-refractivity contribution in [3.05, 3.63) is 0 Å². The fourth-order valence-corrected chi connectivity index (χ4v) is 0.968. The maximum absolute atomic E-state index is 10.7. The number of carbonyl (C=O) groups excluding carboxylic acids is 1.